The van der Waals surface area contributed by atoms with Crippen molar-refractivity contribution < 1.29 is 38.1 Å². The lowest BCUT2D eigenvalue weighted by atomic mass is 9.97. The van der Waals surface area contributed by atoms with Crippen molar-refractivity contribution in [1.29, 1.82) is 0 Å². The molecule has 0 aliphatic heterocycles. The lowest BCUT2D eigenvalue weighted by Gasteiger charge is -2.30. The van der Waals surface area contributed by atoms with E-state index in [0.29, 0.717) is 0 Å². The van der Waals surface area contributed by atoms with E-state index in [1.807, 2.05) is 0 Å². The quantitative estimate of drug-likeness (QED) is 0.493. The standard InChI is InChI=1S/C20H34O8/c1-12(21)25-15(17(24)28-20(8,9)10)13(16(23)27-19(5,6)7)11-14(22)26-18(2,3)4/h13,15H,11H2,1-10H3/t13-,15+/m0/s1. The molecule has 162 valence electrons. The minimum absolute atomic E-state index is 0.511. The molecule has 8 nitrogen and oxygen atoms in total. The number of rotatable bonds is 6. The zero-order valence-electron chi connectivity index (χ0n) is 18.6. The van der Waals surface area contributed by atoms with E-state index in [2.05, 4.69) is 0 Å². The van der Waals surface area contributed by atoms with Gasteiger partial charge in [-0.05, 0) is 62.3 Å². The highest BCUT2D eigenvalue weighted by Crippen LogP contribution is 2.24. The second kappa shape index (κ2) is 9.39. The predicted molar refractivity (Wildman–Crippen MR) is 101 cm³/mol. The summed E-state index contributed by atoms with van der Waals surface area (Å²) in [7, 11) is 0. The SMILES string of the molecule is CC(=O)O[C@@H](C(=O)OC(C)(C)C)[C@H](CC(=O)OC(C)(C)C)C(=O)OC(C)(C)C. The molecule has 0 heterocycles. The molecule has 0 fully saturated rings. The summed E-state index contributed by atoms with van der Waals surface area (Å²) in [5.74, 6) is -4.75. The highest BCUT2D eigenvalue weighted by atomic mass is 16.6. The Balaban J connectivity index is 5.87. The van der Waals surface area contributed by atoms with Gasteiger partial charge in [0.2, 0.25) is 6.10 Å². The van der Waals surface area contributed by atoms with Crippen LogP contribution in [0.4, 0.5) is 0 Å². The van der Waals surface area contributed by atoms with Gasteiger partial charge in [-0.25, -0.2) is 4.79 Å². The van der Waals surface area contributed by atoms with Gasteiger partial charge in [-0.1, -0.05) is 0 Å². The summed E-state index contributed by atoms with van der Waals surface area (Å²) >= 11 is 0. The van der Waals surface area contributed by atoms with E-state index in [1.165, 1.54) is 0 Å². The number of hydrogen-bond donors (Lipinski definition) is 0. The van der Waals surface area contributed by atoms with Gasteiger partial charge in [-0.2, -0.15) is 0 Å². The van der Waals surface area contributed by atoms with E-state index < -0.39 is 59.1 Å². The van der Waals surface area contributed by atoms with Gasteiger partial charge in [0, 0.05) is 6.92 Å². The van der Waals surface area contributed by atoms with Crippen LogP contribution in [-0.4, -0.2) is 46.8 Å². The van der Waals surface area contributed by atoms with Crippen molar-refractivity contribution >= 4 is 23.9 Å². The van der Waals surface area contributed by atoms with Crippen molar-refractivity contribution in [1.82, 2.24) is 0 Å². The van der Waals surface area contributed by atoms with Crippen LogP contribution in [0.25, 0.3) is 0 Å². The minimum Gasteiger partial charge on any atom is -0.460 e. The van der Waals surface area contributed by atoms with Crippen molar-refractivity contribution in [3.8, 4) is 0 Å². The van der Waals surface area contributed by atoms with Crippen LogP contribution >= 0.6 is 0 Å². The first-order valence-electron chi connectivity index (χ1n) is 9.15. The maximum absolute atomic E-state index is 12.7. The smallest absolute Gasteiger partial charge is 0.348 e. The fourth-order valence-corrected chi connectivity index (χ4v) is 2.09. The minimum atomic E-state index is -1.64. The predicted octanol–water partition coefficient (Wildman–Crippen LogP) is 2.95. The Morgan fingerprint density at radius 3 is 1.43 bits per heavy atom. The molecule has 0 aliphatic rings. The fourth-order valence-electron chi connectivity index (χ4n) is 2.09. The molecule has 0 N–H and O–H groups in total. The average molecular weight is 402 g/mol. The zero-order valence-corrected chi connectivity index (χ0v) is 18.6. The summed E-state index contributed by atoms with van der Waals surface area (Å²) in [6.07, 6.45) is -2.15. The topological polar surface area (TPSA) is 105 Å². The van der Waals surface area contributed by atoms with Gasteiger partial charge in [0.25, 0.3) is 0 Å². The van der Waals surface area contributed by atoms with Gasteiger partial charge in [-0.15, -0.1) is 0 Å². The van der Waals surface area contributed by atoms with Crippen LogP contribution in [0.5, 0.6) is 0 Å². The highest BCUT2D eigenvalue weighted by molar-refractivity contribution is 5.89. The molecule has 0 spiro atoms. The molecule has 0 radical (unpaired) electrons. The monoisotopic (exact) mass is 402 g/mol. The Kier molecular flexibility index (Phi) is 8.68. The third kappa shape index (κ3) is 11.6. The summed E-state index contributed by atoms with van der Waals surface area (Å²) in [6.45, 7) is 15.9. The Morgan fingerprint density at radius 2 is 1.07 bits per heavy atom. The van der Waals surface area contributed by atoms with E-state index in [0.717, 1.165) is 6.92 Å². The second-order valence-corrected chi connectivity index (χ2v) is 9.49. The number of esters is 4. The van der Waals surface area contributed by atoms with Crippen molar-refractivity contribution in [3.05, 3.63) is 0 Å². The molecule has 0 aromatic heterocycles. The van der Waals surface area contributed by atoms with Gasteiger partial charge in [0.15, 0.2) is 0 Å². The third-order valence-corrected chi connectivity index (χ3v) is 2.81. The molecule has 0 aliphatic carbocycles. The molecule has 2 atom stereocenters. The highest BCUT2D eigenvalue weighted by Gasteiger charge is 2.43. The van der Waals surface area contributed by atoms with Gasteiger partial charge < -0.3 is 18.9 Å². The molecular formula is C20H34O8. The molecule has 0 saturated heterocycles. The van der Waals surface area contributed by atoms with Gasteiger partial charge in [0.05, 0.1) is 6.42 Å². The van der Waals surface area contributed by atoms with Crippen LogP contribution in [0.2, 0.25) is 0 Å². The van der Waals surface area contributed by atoms with Crippen LogP contribution in [0, 0.1) is 5.92 Å². The Morgan fingerprint density at radius 1 is 0.679 bits per heavy atom. The molecule has 28 heavy (non-hydrogen) atoms. The molecule has 0 bridgehead atoms. The molecule has 0 saturated carbocycles. The van der Waals surface area contributed by atoms with Crippen molar-refractivity contribution in [2.45, 2.75) is 98.6 Å². The Bertz CT molecular complexity index is 587. The van der Waals surface area contributed by atoms with Crippen LogP contribution in [0.1, 0.15) is 75.7 Å². The van der Waals surface area contributed by atoms with E-state index in [4.69, 9.17) is 18.9 Å². The Labute approximate surface area is 167 Å². The van der Waals surface area contributed by atoms with Crippen molar-refractivity contribution in [3.63, 3.8) is 0 Å². The molecule has 8 heteroatoms. The molecule has 0 amide bonds. The van der Waals surface area contributed by atoms with Gasteiger partial charge >= 0.3 is 23.9 Å². The number of carbonyl (C=O) groups is 4. The van der Waals surface area contributed by atoms with Crippen molar-refractivity contribution in [2.24, 2.45) is 5.92 Å². The average Bonchev–Trinajstić information content (AvgIpc) is 2.36. The maximum atomic E-state index is 12.7. The first-order chi connectivity index (χ1) is 12.3. The maximum Gasteiger partial charge on any atom is 0.348 e. The lowest BCUT2D eigenvalue weighted by molar-refractivity contribution is -0.189. The summed E-state index contributed by atoms with van der Waals surface area (Å²) in [5.41, 5.74) is -2.56. The largest absolute Gasteiger partial charge is 0.460 e. The molecule has 0 unspecified atom stereocenters. The van der Waals surface area contributed by atoms with E-state index in [1.54, 1.807) is 62.3 Å². The molecule has 0 rings (SSSR count). The van der Waals surface area contributed by atoms with Crippen LogP contribution in [0.15, 0.2) is 0 Å². The summed E-state index contributed by atoms with van der Waals surface area (Å²) in [6, 6.07) is 0. The molecule has 0 aromatic rings. The summed E-state index contributed by atoms with van der Waals surface area (Å²) < 4.78 is 20.9. The van der Waals surface area contributed by atoms with Crippen LogP contribution in [-0.2, 0) is 38.1 Å². The number of ether oxygens (including phenoxy) is 4. The lowest BCUT2D eigenvalue weighted by Crippen LogP contribution is -2.45. The fraction of sp³-hybridized carbons (Fsp3) is 0.800. The van der Waals surface area contributed by atoms with E-state index in [9.17, 15) is 19.2 Å². The first kappa shape index (κ1) is 25.9. The molecule has 0 aromatic carbocycles. The first-order valence-corrected chi connectivity index (χ1v) is 9.15. The van der Waals surface area contributed by atoms with Crippen molar-refractivity contribution in [2.75, 3.05) is 0 Å². The summed E-state index contributed by atoms with van der Waals surface area (Å²) in [4.78, 5) is 49.2. The van der Waals surface area contributed by atoms with Crippen LogP contribution < -0.4 is 0 Å². The normalized spacial score (nSPS) is 14.5. The Hall–Kier alpha value is -2.12. The van der Waals surface area contributed by atoms with E-state index >= 15 is 0 Å². The van der Waals surface area contributed by atoms with Crippen LogP contribution in [0.3, 0.4) is 0 Å². The number of hydrogen-bond acceptors (Lipinski definition) is 8. The zero-order chi connectivity index (χ0) is 22.5. The summed E-state index contributed by atoms with van der Waals surface area (Å²) in [5, 5.41) is 0. The van der Waals surface area contributed by atoms with Gasteiger partial charge in [-0.3, -0.25) is 14.4 Å². The van der Waals surface area contributed by atoms with E-state index in [-0.39, 0.29) is 0 Å². The number of carbonyl (C=O) groups excluding carboxylic acids is 4. The second-order valence-electron chi connectivity index (χ2n) is 9.49. The third-order valence-electron chi connectivity index (χ3n) is 2.81. The van der Waals surface area contributed by atoms with Gasteiger partial charge in [0.1, 0.15) is 22.7 Å². The molecular weight excluding hydrogens is 368 g/mol.